The molecule has 1 aliphatic rings. The lowest BCUT2D eigenvalue weighted by Gasteiger charge is -2.08. The van der Waals surface area contributed by atoms with Crippen molar-refractivity contribution in [2.24, 2.45) is 0 Å². The molecule has 0 amide bonds. The smallest absolute Gasteiger partial charge is 0.154 e. The monoisotopic (exact) mass is 260 g/mol. The van der Waals surface area contributed by atoms with E-state index in [0.29, 0.717) is 4.43 Å². The average molecular weight is 260 g/mol. The zero-order chi connectivity index (χ0) is 7.72. The largest absolute Gasteiger partial charge is 0.387 e. The van der Waals surface area contributed by atoms with E-state index in [4.69, 9.17) is 9.84 Å². The molecule has 1 N–H and O–H groups in total. The van der Waals surface area contributed by atoms with E-state index < -0.39 is 18.4 Å². The predicted molar refractivity (Wildman–Crippen MR) is 44.1 cm³/mol. The van der Waals surface area contributed by atoms with Crippen molar-refractivity contribution in [3.63, 3.8) is 0 Å². The second-order valence-electron chi connectivity index (χ2n) is 2.47. The molecule has 1 aliphatic heterocycles. The van der Waals surface area contributed by atoms with Crippen LogP contribution in [-0.4, -0.2) is 34.0 Å². The van der Waals surface area contributed by atoms with Gasteiger partial charge in [0.25, 0.3) is 0 Å². The first kappa shape index (κ1) is 8.67. The Labute approximate surface area is 72.9 Å². The molecule has 2 nitrogen and oxygen atoms in total. The second kappa shape index (κ2) is 3.32. The van der Waals surface area contributed by atoms with Crippen LogP contribution < -0.4 is 0 Å². The lowest BCUT2D eigenvalue weighted by Crippen LogP contribution is -2.29. The van der Waals surface area contributed by atoms with Gasteiger partial charge < -0.3 is 9.84 Å². The Kier molecular flexibility index (Phi) is 2.88. The zero-order valence-corrected chi connectivity index (χ0v) is 7.79. The third-order valence-corrected chi connectivity index (χ3v) is 2.57. The zero-order valence-electron chi connectivity index (χ0n) is 5.63. The predicted octanol–water partition coefficient (Wildman–Crippen LogP) is 0.908. The number of hydrogen-bond donors (Lipinski definition) is 1. The van der Waals surface area contributed by atoms with Crippen LogP contribution in [0.2, 0.25) is 0 Å². The Hall–Kier alpha value is 0.580. The maximum atomic E-state index is 12.8. The van der Waals surface area contributed by atoms with Gasteiger partial charge in [0.05, 0.1) is 12.2 Å². The van der Waals surface area contributed by atoms with Gasteiger partial charge in [-0.05, 0) is 6.92 Å². The topological polar surface area (TPSA) is 29.5 Å². The van der Waals surface area contributed by atoms with Crippen LogP contribution in [0.4, 0.5) is 4.39 Å². The van der Waals surface area contributed by atoms with E-state index in [-0.39, 0.29) is 6.10 Å². The molecule has 10 heavy (non-hydrogen) atoms. The highest BCUT2D eigenvalue weighted by molar-refractivity contribution is 14.1. The SMILES string of the molecule is C[C@@H]1OC(CI)[C@@H](O)[C@H]1F. The molecule has 0 spiro atoms. The Balaban J connectivity index is 2.53. The molecular weight excluding hydrogens is 250 g/mol. The van der Waals surface area contributed by atoms with Gasteiger partial charge in [0.2, 0.25) is 0 Å². The molecule has 1 rings (SSSR count). The fourth-order valence-corrected chi connectivity index (χ4v) is 1.77. The molecule has 1 heterocycles. The highest BCUT2D eigenvalue weighted by Gasteiger charge is 2.40. The lowest BCUT2D eigenvalue weighted by molar-refractivity contribution is 0.0335. The third kappa shape index (κ3) is 1.43. The highest BCUT2D eigenvalue weighted by atomic mass is 127. The van der Waals surface area contributed by atoms with Gasteiger partial charge in [0.1, 0.15) is 6.10 Å². The van der Waals surface area contributed by atoms with E-state index >= 15 is 0 Å². The minimum Gasteiger partial charge on any atom is -0.387 e. The highest BCUT2D eigenvalue weighted by Crippen LogP contribution is 2.24. The Bertz CT molecular complexity index is 122. The maximum absolute atomic E-state index is 12.8. The maximum Gasteiger partial charge on any atom is 0.154 e. The second-order valence-corrected chi connectivity index (χ2v) is 3.35. The fraction of sp³-hybridized carbons (Fsp3) is 1.00. The summed E-state index contributed by atoms with van der Waals surface area (Å²) in [7, 11) is 0. The van der Waals surface area contributed by atoms with E-state index in [1.54, 1.807) is 6.92 Å². The molecule has 4 heteroatoms. The van der Waals surface area contributed by atoms with Crippen molar-refractivity contribution in [2.45, 2.75) is 31.4 Å². The number of aliphatic hydroxyl groups is 1. The first-order valence-corrected chi connectivity index (χ1v) is 4.73. The van der Waals surface area contributed by atoms with Gasteiger partial charge in [-0.3, -0.25) is 0 Å². The molecule has 60 valence electrons. The van der Waals surface area contributed by atoms with Crippen molar-refractivity contribution < 1.29 is 14.2 Å². The van der Waals surface area contributed by atoms with Crippen LogP contribution in [0.15, 0.2) is 0 Å². The summed E-state index contributed by atoms with van der Waals surface area (Å²) in [5.74, 6) is 0. The van der Waals surface area contributed by atoms with Crippen LogP contribution in [0.1, 0.15) is 6.92 Å². The number of alkyl halides is 2. The van der Waals surface area contributed by atoms with Crippen LogP contribution in [0.25, 0.3) is 0 Å². The van der Waals surface area contributed by atoms with E-state index in [1.165, 1.54) is 0 Å². The molecule has 4 atom stereocenters. The fourth-order valence-electron chi connectivity index (χ4n) is 1.04. The summed E-state index contributed by atoms with van der Waals surface area (Å²) in [4.78, 5) is 0. The third-order valence-electron chi connectivity index (χ3n) is 1.70. The molecule has 0 aromatic carbocycles. The number of hydrogen-bond acceptors (Lipinski definition) is 2. The summed E-state index contributed by atoms with van der Waals surface area (Å²) < 4.78 is 18.5. The van der Waals surface area contributed by atoms with E-state index in [2.05, 4.69) is 22.6 Å². The normalized spacial score (nSPS) is 48.0. The van der Waals surface area contributed by atoms with Gasteiger partial charge >= 0.3 is 0 Å². The number of aliphatic hydroxyl groups excluding tert-OH is 1. The molecule has 1 saturated heterocycles. The van der Waals surface area contributed by atoms with Gasteiger partial charge in [-0.15, -0.1) is 0 Å². The summed E-state index contributed by atoms with van der Waals surface area (Å²) in [6, 6.07) is 0. The minimum absolute atomic E-state index is 0.314. The Morgan fingerprint density at radius 3 is 2.50 bits per heavy atom. The molecule has 0 aliphatic carbocycles. The quantitative estimate of drug-likeness (QED) is 0.561. The van der Waals surface area contributed by atoms with Gasteiger partial charge in [-0.25, -0.2) is 4.39 Å². The van der Waals surface area contributed by atoms with Gasteiger partial charge in [-0.2, -0.15) is 0 Å². The number of halogens is 2. The summed E-state index contributed by atoms with van der Waals surface area (Å²) in [5, 5.41) is 9.12. The molecule has 1 fully saturated rings. The van der Waals surface area contributed by atoms with Crippen molar-refractivity contribution in [2.75, 3.05) is 4.43 Å². The van der Waals surface area contributed by atoms with Gasteiger partial charge in [-0.1, -0.05) is 22.6 Å². The van der Waals surface area contributed by atoms with Crippen molar-refractivity contribution >= 4 is 22.6 Å². The van der Waals surface area contributed by atoms with E-state index in [9.17, 15) is 4.39 Å². The van der Waals surface area contributed by atoms with Crippen LogP contribution in [0.5, 0.6) is 0 Å². The summed E-state index contributed by atoms with van der Waals surface area (Å²) in [6.45, 7) is 1.64. The van der Waals surface area contributed by atoms with Crippen molar-refractivity contribution in [1.29, 1.82) is 0 Å². The Morgan fingerprint density at radius 2 is 2.30 bits per heavy atom. The Morgan fingerprint density at radius 1 is 1.70 bits per heavy atom. The molecule has 0 aromatic rings. The summed E-state index contributed by atoms with van der Waals surface area (Å²) in [5.41, 5.74) is 0. The first-order chi connectivity index (χ1) is 4.66. The van der Waals surface area contributed by atoms with Crippen molar-refractivity contribution in [3.8, 4) is 0 Å². The summed E-state index contributed by atoms with van der Waals surface area (Å²) >= 11 is 2.07. The molecule has 0 saturated carbocycles. The standard InChI is InChI=1S/C6H10FIO2/c1-3-5(7)6(9)4(2-8)10-3/h3-6,9H,2H2,1H3/t3-,4?,5-,6+/m0/s1. The van der Waals surface area contributed by atoms with E-state index in [0.717, 1.165) is 0 Å². The van der Waals surface area contributed by atoms with Gasteiger partial charge in [0.15, 0.2) is 6.17 Å². The van der Waals surface area contributed by atoms with E-state index in [1.807, 2.05) is 0 Å². The molecular formula is C6H10FIO2. The number of rotatable bonds is 1. The van der Waals surface area contributed by atoms with Crippen LogP contribution in [0, 0.1) is 0 Å². The molecule has 1 unspecified atom stereocenters. The van der Waals surface area contributed by atoms with Crippen molar-refractivity contribution in [1.82, 2.24) is 0 Å². The summed E-state index contributed by atoms with van der Waals surface area (Å²) in [6.07, 6.45) is -2.90. The lowest BCUT2D eigenvalue weighted by atomic mass is 10.1. The van der Waals surface area contributed by atoms with Crippen LogP contribution in [0.3, 0.4) is 0 Å². The van der Waals surface area contributed by atoms with Crippen LogP contribution in [-0.2, 0) is 4.74 Å². The van der Waals surface area contributed by atoms with Crippen molar-refractivity contribution in [3.05, 3.63) is 0 Å². The van der Waals surface area contributed by atoms with Gasteiger partial charge in [0, 0.05) is 4.43 Å². The molecule has 0 radical (unpaired) electrons. The number of ether oxygens (including phenoxy) is 1. The molecule has 0 aromatic heterocycles. The van der Waals surface area contributed by atoms with Crippen LogP contribution >= 0.6 is 22.6 Å². The minimum atomic E-state index is -1.21. The first-order valence-electron chi connectivity index (χ1n) is 3.20. The molecule has 0 bridgehead atoms. The average Bonchev–Trinajstić information content (AvgIpc) is 2.17.